The molecule has 4 aromatic rings. The van der Waals surface area contributed by atoms with Gasteiger partial charge in [0.2, 0.25) is 26.6 Å². The van der Waals surface area contributed by atoms with Gasteiger partial charge in [-0.2, -0.15) is 4.98 Å². The smallest absolute Gasteiger partial charge is 0.236 e. The number of benzene rings is 3. The lowest BCUT2D eigenvalue weighted by Gasteiger charge is -2.36. The summed E-state index contributed by atoms with van der Waals surface area (Å²) < 4.78 is 46.4. The van der Waals surface area contributed by atoms with Crippen LogP contribution >= 0.6 is 11.6 Å². The van der Waals surface area contributed by atoms with Crippen molar-refractivity contribution in [2.24, 2.45) is 0 Å². The summed E-state index contributed by atoms with van der Waals surface area (Å²) in [7, 11) is -3.94. The van der Waals surface area contributed by atoms with E-state index in [2.05, 4.69) is 9.88 Å². The lowest BCUT2D eigenvalue weighted by Crippen LogP contribution is -2.46. The van der Waals surface area contributed by atoms with E-state index in [0.717, 1.165) is 5.69 Å². The maximum absolute atomic E-state index is 13.5. The Morgan fingerprint density at radius 3 is 2.21 bits per heavy atom. The van der Waals surface area contributed by atoms with Crippen LogP contribution in [0.4, 0.5) is 16.0 Å². The second-order valence-corrected chi connectivity index (χ2v) is 10.2. The Hall–Kier alpha value is -3.36. The van der Waals surface area contributed by atoms with Crippen LogP contribution in [-0.2, 0) is 9.84 Å². The Bertz CT molecular complexity index is 1400. The second kappa shape index (κ2) is 9.12. The molecule has 0 saturated carbocycles. The van der Waals surface area contributed by atoms with Crippen LogP contribution < -0.4 is 9.80 Å². The lowest BCUT2D eigenvalue weighted by molar-refractivity contribution is 0.525. The SMILES string of the molecule is O=S(=O)(c1ccccc1)c1nc(-c2ccc(F)cc2)oc1N1CCN(c2cccc(Cl)c2)CC1. The quantitative estimate of drug-likeness (QED) is 0.373. The van der Waals surface area contributed by atoms with Crippen molar-refractivity contribution in [3.05, 3.63) is 89.7 Å². The molecule has 0 unspecified atom stereocenters. The number of nitrogens with zero attached hydrogens (tertiary/aromatic N) is 3. The van der Waals surface area contributed by atoms with Crippen LogP contribution in [0.2, 0.25) is 5.02 Å². The molecule has 0 radical (unpaired) electrons. The molecule has 34 heavy (non-hydrogen) atoms. The average molecular weight is 498 g/mol. The summed E-state index contributed by atoms with van der Waals surface area (Å²) in [6.45, 7) is 2.36. The average Bonchev–Trinajstić information content (AvgIpc) is 3.32. The van der Waals surface area contributed by atoms with E-state index in [9.17, 15) is 12.8 Å². The molecule has 1 saturated heterocycles. The standard InChI is InChI=1S/C25H21ClFN3O3S/c26-19-5-4-6-21(17-19)29-13-15-30(16-14-29)25-24(34(31,32)22-7-2-1-3-8-22)28-23(33-25)18-9-11-20(27)12-10-18/h1-12,17H,13-16H2. The molecular formula is C25H21ClFN3O3S. The Morgan fingerprint density at radius 2 is 1.53 bits per heavy atom. The van der Waals surface area contributed by atoms with E-state index < -0.39 is 15.7 Å². The number of aromatic nitrogens is 1. The van der Waals surface area contributed by atoms with Crippen molar-refractivity contribution in [1.82, 2.24) is 4.98 Å². The fraction of sp³-hybridized carbons (Fsp3) is 0.160. The highest BCUT2D eigenvalue weighted by molar-refractivity contribution is 7.91. The fourth-order valence-electron chi connectivity index (χ4n) is 3.94. The maximum atomic E-state index is 13.5. The number of hydrogen-bond acceptors (Lipinski definition) is 6. The molecule has 1 fully saturated rings. The van der Waals surface area contributed by atoms with E-state index in [-0.39, 0.29) is 21.7 Å². The van der Waals surface area contributed by atoms with Crippen molar-refractivity contribution in [3.63, 3.8) is 0 Å². The van der Waals surface area contributed by atoms with Crippen molar-refractivity contribution >= 4 is 33.0 Å². The third kappa shape index (κ3) is 4.38. The van der Waals surface area contributed by atoms with Gasteiger partial charge in [-0.15, -0.1) is 0 Å². The summed E-state index contributed by atoms with van der Waals surface area (Å²) in [6, 6.07) is 21.4. The summed E-state index contributed by atoms with van der Waals surface area (Å²) in [5.41, 5.74) is 1.50. The molecular weight excluding hydrogens is 477 g/mol. The second-order valence-electron chi connectivity index (χ2n) is 7.91. The number of anilines is 2. The van der Waals surface area contributed by atoms with E-state index in [0.29, 0.717) is 36.8 Å². The third-order valence-corrected chi connectivity index (χ3v) is 7.62. The van der Waals surface area contributed by atoms with Crippen molar-refractivity contribution in [2.45, 2.75) is 9.92 Å². The molecule has 0 bridgehead atoms. The zero-order chi connectivity index (χ0) is 23.7. The molecule has 0 amide bonds. The highest BCUT2D eigenvalue weighted by Gasteiger charge is 2.32. The summed E-state index contributed by atoms with van der Waals surface area (Å²) >= 11 is 6.14. The van der Waals surface area contributed by atoms with Gasteiger partial charge in [0, 0.05) is 42.5 Å². The lowest BCUT2D eigenvalue weighted by atomic mass is 10.2. The molecule has 9 heteroatoms. The molecule has 1 aliphatic heterocycles. The number of halogens is 2. The maximum Gasteiger partial charge on any atom is 0.236 e. The number of piperazine rings is 1. The molecule has 1 aromatic heterocycles. The predicted molar refractivity (Wildman–Crippen MR) is 130 cm³/mol. The van der Waals surface area contributed by atoms with Crippen LogP contribution in [0.1, 0.15) is 0 Å². The first-order valence-electron chi connectivity index (χ1n) is 10.7. The van der Waals surface area contributed by atoms with Gasteiger partial charge in [-0.25, -0.2) is 12.8 Å². The van der Waals surface area contributed by atoms with Crippen LogP contribution in [-0.4, -0.2) is 39.6 Å². The zero-order valence-corrected chi connectivity index (χ0v) is 19.6. The normalized spacial score (nSPS) is 14.4. The largest absolute Gasteiger partial charge is 0.419 e. The number of hydrogen-bond donors (Lipinski definition) is 0. The van der Waals surface area contributed by atoms with Gasteiger partial charge < -0.3 is 14.2 Å². The van der Waals surface area contributed by atoms with Gasteiger partial charge >= 0.3 is 0 Å². The summed E-state index contributed by atoms with van der Waals surface area (Å²) in [4.78, 5) is 8.58. The number of sulfone groups is 1. The minimum atomic E-state index is -3.94. The van der Waals surface area contributed by atoms with Gasteiger partial charge in [0.25, 0.3) is 0 Å². The van der Waals surface area contributed by atoms with Crippen LogP contribution in [0.5, 0.6) is 0 Å². The molecule has 1 aliphatic rings. The van der Waals surface area contributed by atoms with E-state index in [1.807, 2.05) is 29.2 Å². The van der Waals surface area contributed by atoms with E-state index in [1.165, 1.54) is 36.4 Å². The van der Waals surface area contributed by atoms with Gasteiger partial charge in [0.15, 0.2) is 0 Å². The Kier molecular flexibility index (Phi) is 6.02. The van der Waals surface area contributed by atoms with Gasteiger partial charge in [-0.1, -0.05) is 35.9 Å². The minimum Gasteiger partial charge on any atom is -0.419 e. The predicted octanol–water partition coefficient (Wildman–Crippen LogP) is 5.29. The molecule has 0 atom stereocenters. The minimum absolute atomic E-state index is 0.127. The van der Waals surface area contributed by atoms with Crippen LogP contribution in [0, 0.1) is 5.82 Å². The van der Waals surface area contributed by atoms with E-state index >= 15 is 0 Å². The van der Waals surface area contributed by atoms with E-state index in [4.69, 9.17) is 16.0 Å². The Morgan fingerprint density at radius 1 is 0.853 bits per heavy atom. The Labute approximate surface area is 202 Å². The monoisotopic (exact) mass is 497 g/mol. The van der Waals surface area contributed by atoms with Crippen LogP contribution in [0.3, 0.4) is 0 Å². The first-order valence-corrected chi connectivity index (χ1v) is 12.6. The highest BCUT2D eigenvalue weighted by Crippen LogP contribution is 2.35. The summed E-state index contributed by atoms with van der Waals surface area (Å²) in [5, 5.41) is 0.518. The summed E-state index contributed by atoms with van der Waals surface area (Å²) in [6.07, 6.45) is 0. The van der Waals surface area contributed by atoms with Crippen LogP contribution in [0.15, 0.2) is 93.2 Å². The van der Waals surface area contributed by atoms with Crippen molar-refractivity contribution < 1.29 is 17.2 Å². The van der Waals surface area contributed by atoms with Gasteiger partial charge in [0.05, 0.1) is 4.90 Å². The molecule has 0 spiro atoms. The van der Waals surface area contributed by atoms with Gasteiger partial charge in [0.1, 0.15) is 5.82 Å². The van der Waals surface area contributed by atoms with Gasteiger partial charge in [-0.05, 0) is 54.6 Å². The first-order chi connectivity index (χ1) is 16.4. The highest BCUT2D eigenvalue weighted by atomic mass is 35.5. The molecule has 2 heterocycles. The fourth-order valence-corrected chi connectivity index (χ4v) is 5.47. The van der Waals surface area contributed by atoms with Crippen molar-refractivity contribution in [3.8, 4) is 11.5 Å². The van der Waals surface area contributed by atoms with Crippen molar-refractivity contribution in [1.29, 1.82) is 0 Å². The summed E-state index contributed by atoms with van der Waals surface area (Å²) in [5.74, 6) is -0.0829. The topological polar surface area (TPSA) is 66.7 Å². The third-order valence-electron chi connectivity index (χ3n) is 5.72. The molecule has 6 nitrogen and oxygen atoms in total. The Balaban J connectivity index is 1.50. The first kappa shape index (κ1) is 22.4. The van der Waals surface area contributed by atoms with Crippen molar-refractivity contribution in [2.75, 3.05) is 36.0 Å². The molecule has 5 rings (SSSR count). The van der Waals surface area contributed by atoms with E-state index in [1.54, 1.807) is 18.2 Å². The van der Waals surface area contributed by atoms with Gasteiger partial charge in [-0.3, -0.25) is 0 Å². The zero-order valence-electron chi connectivity index (χ0n) is 18.1. The molecule has 0 aliphatic carbocycles. The molecule has 0 N–H and O–H groups in total. The number of oxazole rings is 1. The molecule has 174 valence electrons. The van der Waals surface area contributed by atoms with Crippen LogP contribution in [0.25, 0.3) is 11.5 Å². The number of rotatable bonds is 5. The molecule has 3 aromatic carbocycles.